The highest BCUT2D eigenvalue weighted by Gasteiger charge is 2.26. The van der Waals surface area contributed by atoms with Gasteiger partial charge in [-0.25, -0.2) is 0 Å². The van der Waals surface area contributed by atoms with Crippen molar-refractivity contribution in [1.82, 2.24) is 0 Å². The molecule has 0 saturated carbocycles. The van der Waals surface area contributed by atoms with E-state index < -0.39 is 0 Å². The Labute approximate surface area is 131 Å². The maximum Gasteiger partial charge on any atom is 0.124 e. The van der Waals surface area contributed by atoms with E-state index in [9.17, 15) is 0 Å². The smallest absolute Gasteiger partial charge is 0.124 e. The molecule has 0 amide bonds. The van der Waals surface area contributed by atoms with E-state index in [1.165, 1.54) is 10.4 Å². The third-order valence-electron chi connectivity index (χ3n) is 3.84. The fourth-order valence-corrected chi connectivity index (χ4v) is 4.14. The van der Waals surface area contributed by atoms with Gasteiger partial charge in [-0.3, -0.25) is 5.41 Å². The molecule has 0 fully saturated rings. The Morgan fingerprint density at radius 3 is 3.00 bits per heavy atom. The Bertz CT molecular complexity index is 665. The minimum atomic E-state index is 0.115. The van der Waals surface area contributed by atoms with Crippen LogP contribution < -0.4 is 10.6 Å². The zero-order chi connectivity index (χ0) is 14.3. The average Bonchev–Trinajstić information content (AvgIpc) is 2.89. The molecule has 0 spiro atoms. The number of benzene rings is 1. The van der Waals surface area contributed by atoms with Gasteiger partial charge in [0, 0.05) is 27.1 Å². The van der Waals surface area contributed by atoms with Gasteiger partial charge in [0.1, 0.15) is 5.84 Å². The van der Waals surface area contributed by atoms with Gasteiger partial charge in [0.25, 0.3) is 0 Å². The van der Waals surface area contributed by atoms with Gasteiger partial charge in [-0.05, 0) is 48.6 Å². The van der Waals surface area contributed by atoms with Crippen LogP contribution in [0, 0.1) is 5.41 Å². The molecule has 3 N–H and O–H groups in total. The van der Waals surface area contributed by atoms with Gasteiger partial charge in [0.15, 0.2) is 0 Å². The van der Waals surface area contributed by atoms with Gasteiger partial charge in [0.2, 0.25) is 0 Å². The standard InChI is InChI=1S/C15H16BrN3S/c1-9-11-5-7-20-14(11)4-6-19(9)13-3-2-10(16)8-12(13)15(17)18/h2-3,5,7-9H,4,6H2,1H3,(H3,17,18). The normalized spacial score (nSPS) is 17.9. The van der Waals surface area contributed by atoms with Crippen molar-refractivity contribution in [3.63, 3.8) is 0 Å². The van der Waals surface area contributed by atoms with Crippen LogP contribution in [0.4, 0.5) is 5.69 Å². The molecular formula is C15H16BrN3S. The first kappa shape index (κ1) is 13.6. The second-order valence-electron chi connectivity index (χ2n) is 4.99. The van der Waals surface area contributed by atoms with E-state index in [1.54, 1.807) is 0 Å². The molecule has 1 aromatic heterocycles. The third-order valence-corrected chi connectivity index (χ3v) is 5.33. The predicted molar refractivity (Wildman–Crippen MR) is 88.9 cm³/mol. The summed E-state index contributed by atoms with van der Waals surface area (Å²) in [7, 11) is 0. The molecule has 20 heavy (non-hydrogen) atoms. The molecule has 1 unspecified atom stereocenters. The van der Waals surface area contributed by atoms with E-state index in [0.717, 1.165) is 28.7 Å². The number of nitrogens with two attached hydrogens (primary N) is 1. The Balaban J connectivity index is 2.04. The minimum absolute atomic E-state index is 0.115. The summed E-state index contributed by atoms with van der Waals surface area (Å²) in [5, 5.41) is 9.97. The summed E-state index contributed by atoms with van der Waals surface area (Å²) in [6, 6.07) is 8.52. The molecule has 1 atom stereocenters. The van der Waals surface area contributed by atoms with Crippen molar-refractivity contribution in [2.45, 2.75) is 19.4 Å². The molecule has 0 bridgehead atoms. The first-order chi connectivity index (χ1) is 9.58. The van der Waals surface area contributed by atoms with Crippen LogP contribution in [0.5, 0.6) is 0 Å². The summed E-state index contributed by atoms with van der Waals surface area (Å²) in [5.74, 6) is 0.115. The van der Waals surface area contributed by atoms with Crippen LogP contribution in [0.15, 0.2) is 34.1 Å². The number of halogens is 1. The van der Waals surface area contributed by atoms with Crippen molar-refractivity contribution in [3.8, 4) is 0 Å². The van der Waals surface area contributed by atoms with Gasteiger partial charge < -0.3 is 10.6 Å². The molecule has 2 aromatic rings. The predicted octanol–water partition coefficient (Wildman–Crippen LogP) is 3.92. The third kappa shape index (κ3) is 2.25. The summed E-state index contributed by atoms with van der Waals surface area (Å²) in [6.07, 6.45) is 1.06. The second-order valence-corrected chi connectivity index (χ2v) is 6.91. The van der Waals surface area contributed by atoms with E-state index in [1.807, 2.05) is 23.5 Å². The number of fused-ring (bicyclic) bond motifs is 1. The van der Waals surface area contributed by atoms with E-state index >= 15 is 0 Å². The molecule has 5 heteroatoms. The molecule has 3 nitrogen and oxygen atoms in total. The first-order valence-corrected chi connectivity index (χ1v) is 8.22. The number of anilines is 1. The molecule has 2 heterocycles. The number of hydrogen-bond donors (Lipinski definition) is 2. The van der Waals surface area contributed by atoms with Crippen LogP contribution in [0.1, 0.15) is 29.0 Å². The molecular weight excluding hydrogens is 334 g/mol. The Kier molecular flexibility index (Phi) is 3.56. The number of thiophene rings is 1. The van der Waals surface area contributed by atoms with Gasteiger partial charge in [0.05, 0.1) is 6.04 Å². The summed E-state index contributed by atoms with van der Waals surface area (Å²) in [5.41, 5.74) is 8.99. The molecule has 0 saturated heterocycles. The first-order valence-electron chi connectivity index (χ1n) is 6.55. The fraction of sp³-hybridized carbons (Fsp3) is 0.267. The van der Waals surface area contributed by atoms with Crippen LogP contribution in [-0.4, -0.2) is 12.4 Å². The molecule has 3 rings (SSSR count). The molecule has 1 aromatic carbocycles. The second kappa shape index (κ2) is 5.22. The van der Waals surface area contributed by atoms with Crippen molar-refractivity contribution >= 4 is 38.8 Å². The fourth-order valence-electron chi connectivity index (χ4n) is 2.81. The van der Waals surface area contributed by atoms with Crippen LogP contribution >= 0.6 is 27.3 Å². The van der Waals surface area contributed by atoms with E-state index in [0.29, 0.717) is 6.04 Å². The molecule has 0 radical (unpaired) electrons. The lowest BCUT2D eigenvalue weighted by Crippen LogP contribution is -2.34. The van der Waals surface area contributed by atoms with Crippen LogP contribution in [0.25, 0.3) is 0 Å². The van der Waals surface area contributed by atoms with Gasteiger partial charge in [-0.1, -0.05) is 15.9 Å². The van der Waals surface area contributed by atoms with Crippen molar-refractivity contribution in [3.05, 3.63) is 50.1 Å². The monoisotopic (exact) mass is 349 g/mol. The Morgan fingerprint density at radius 1 is 1.45 bits per heavy atom. The Morgan fingerprint density at radius 2 is 2.25 bits per heavy atom. The van der Waals surface area contributed by atoms with Crippen molar-refractivity contribution < 1.29 is 0 Å². The number of nitrogens with one attached hydrogen (secondary N) is 1. The van der Waals surface area contributed by atoms with Crippen LogP contribution in [0.2, 0.25) is 0 Å². The van der Waals surface area contributed by atoms with Crippen molar-refractivity contribution in [2.75, 3.05) is 11.4 Å². The topological polar surface area (TPSA) is 53.1 Å². The Hall–Kier alpha value is -1.33. The molecule has 104 valence electrons. The van der Waals surface area contributed by atoms with Gasteiger partial charge in [-0.2, -0.15) is 0 Å². The lowest BCUT2D eigenvalue weighted by atomic mass is 9.99. The SMILES string of the molecule is CC1c2ccsc2CCN1c1ccc(Br)cc1C(=N)N. The summed E-state index contributed by atoms with van der Waals surface area (Å²) < 4.78 is 0.951. The summed E-state index contributed by atoms with van der Waals surface area (Å²) in [6.45, 7) is 3.19. The lowest BCUT2D eigenvalue weighted by Gasteiger charge is -2.36. The minimum Gasteiger partial charge on any atom is -0.384 e. The quantitative estimate of drug-likeness (QED) is 0.637. The zero-order valence-corrected chi connectivity index (χ0v) is 13.6. The molecule has 0 aliphatic carbocycles. The van der Waals surface area contributed by atoms with Gasteiger partial charge >= 0.3 is 0 Å². The van der Waals surface area contributed by atoms with Crippen LogP contribution in [0.3, 0.4) is 0 Å². The van der Waals surface area contributed by atoms with Crippen molar-refractivity contribution in [1.29, 1.82) is 5.41 Å². The maximum absolute atomic E-state index is 7.80. The number of rotatable bonds is 2. The number of nitrogen functional groups attached to an aromatic ring is 1. The highest BCUT2D eigenvalue weighted by Crippen LogP contribution is 2.37. The van der Waals surface area contributed by atoms with Crippen LogP contribution in [-0.2, 0) is 6.42 Å². The summed E-state index contributed by atoms with van der Waals surface area (Å²) >= 11 is 5.29. The van der Waals surface area contributed by atoms with E-state index in [-0.39, 0.29) is 5.84 Å². The van der Waals surface area contributed by atoms with Crippen molar-refractivity contribution in [2.24, 2.45) is 5.73 Å². The van der Waals surface area contributed by atoms with Gasteiger partial charge in [-0.15, -0.1) is 11.3 Å². The highest BCUT2D eigenvalue weighted by atomic mass is 79.9. The molecule has 1 aliphatic rings. The zero-order valence-electron chi connectivity index (χ0n) is 11.2. The number of nitrogens with zero attached hydrogens (tertiary/aromatic N) is 1. The lowest BCUT2D eigenvalue weighted by molar-refractivity contribution is 0.632. The number of hydrogen-bond acceptors (Lipinski definition) is 3. The largest absolute Gasteiger partial charge is 0.384 e. The van der Waals surface area contributed by atoms with E-state index in [4.69, 9.17) is 11.1 Å². The highest BCUT2D eigenvalue weighted by molar-refractivity contribution is 9.10. The average molecular weight is 350 g/mol. The maximum atomic E-state index is 7.80. The molecule has 1 aliphatic heterocycles. The summed E-state index contributed by atoms with van der Waals surface area (Å²) in [4.78, 5) is 3.83. The number of amidine groups is 1. The van der Waals surface area contributed by atoms with E-state index in [2.05, 4.69) is 45.3 Å².